The van der Waals surface area contributed by atoms with Gasteiger partial charge in [-0.25, -0.2) is 0 Å². The van der Waals surface area contributed by atoms with Crippen molar-refractivity contribution >= 4 is 0 Å². The summed E-state index contributed by atoms with van der Waals surface area (Å²) in [5, 5.41) is 3.59. The summed E-state index contributed by atoms with van der Waals surface area (Å²) in [5.74, 6) is 1.53. The number of nitrogens with one attached hydrogen (secondary N) is 1. The zero-order valence-electron chi connectivity index (χ0n) is 13.2. The first kappa shape index (κ1) is 15.6. The average Bonchev–Trinajstić information content (AvgIpc) is 2.55. The van der Waals surface area contributed by atoms with Gasteiger partial charge in [-0.3, -0.25) is 0 Å². The normalized spacial score (nSPS) is 13.7. The molecule has 2 rings (SSSR count). The minimum atomic E-state index is 0.295. The van der Waals surface area contributed by atoms with Gasteiger partial charge in [0.25, 0.3) is 0 Å². The lowest BCUT2D eigenvalue weighted by atomic mass is 9.97. The van der Waals surface area contributed by atoms with E-state index in [2.05, 4.69) is 61.6 Å². The van der Waals surface area contributed by atoms with Crippen LogP contribution in [0.4, 0.5) is 0 Å². The van der Waals surface area contributed by atoms with Crippen molar-refractivity contribution in [3.05, 3.63) is 65.7 Å². The van der Waals surface area contributed by atoms with Gasteiger partial charge in [0, 0.05) is 11.6 Å². The summed E-state index contributed by atoms with van der Waals surface area (Å²) in [5.41, 5.74) is 2.62. The highest BCUT2D eigenvalue weighted by atomic mass is 16.5. The number of hydrogen-bond acceptors (Lipinski definition) is 2. The second-order valence-electron chi connectivity index (χ2n) is 5.52. The van der Waals surface area contributed by atoms with Crippen molar-refractivity contribution in [2.24, 2.45) is 0 Å². The van der Waals surface area contributed by atoms with Gasteiger partial charge in [0.15, 0.2) is 0 Å². The first-order chi connectivity index (χ1) is 10.2. The van der Waals surface area contributed by atoms with Gasteiger partial charge in [0.2, 0.25) is 0 Å². The largest absolute Gasteiger partial charge is 0.496 e. The van der Waals surface area contributed by atoms with Crippen molar-refractivity contribution in [3.8, 4) is 5.75 Å². The molecule has 0 aliphatic heterocycles. The smallest absolute Gasteiger partial charge is 0.123 e. The Balaban J connectivity index is 1.86. The minimum absolute atomic E-state index is 0.295. The van der Waals surface area contributed by atoms with Gasteiger partial charge in [-0.2, -0.15) is 0 Å². The summed E-state index contributed by atoms with van der Waals surface area (Å²) in [6, 6.07) is 19.2. The van der Waals surface area contributed by atoms with E-state index in [0.717, 1.165) is 18.7 Å². The fourth-order valence-electron chi connectivity index (χ4n) is 2.60. The number of benzene rings is 2. The molecule has 112 valence electrons. The molecule has 0 fully saturated rings. The van der Waals surface area contributed by atoms with Gasteiger partial charge in [-0.05, 0) is 37.4 Å². The molecule has 0 amide bonds. The summed E-state index contributed by atoms with van der Waals surface area (Å²) in [6.07, 6.45) is 1.13. The monoisotopic (exact) mass is 283 g/mol. The van der Waals surface area contributed by atoms with Crippen molar-refractivity contribution in [1.29, 1.82) is 0 Å². The molecule has 0 bridgehead atoms. The molecule has 2 aromatic rings. The third-order valence-electron chi connectivity index (χ3n) is 4.00. The molecular formula is C19H25NO. The number of rotatable bonds is 7. The number of para-hydroxylation sites is 1. The Labute approximate surface area is 128 Å². The summed E-state index contributed by atoms with van der Waals surface area (Å²) in [6.45, 7) is 5.46. The summed E-state index contributed by atoms with van der Waals surface area (Å²) in [4.78, 5) is 0. The Morgan fingerprint density at radius 2 is 1.62 bits per heavy atom. The zero-order chi connectivity index (χ0) is 15.1. The molecule has 2 unspecified atom stereocenters. The highest BCUT2D eigenvalue weighted by molar-refractivity contribution is 5.35. The molecule has 0 aliphatic carbocycles. The Kier molecular flexibility index (Phi) is 5.82. The summed E-state index contributed by atoms with van der Waals surface area (Å²) >= 11 is 0. The molecule has 0 saturated heterocycles. The fourth-order valence-corrected chi connectivity index (χ4v) is 2.60. The Bertz CT molecular complexity index is 538. The van der Waals surface area contributed by atoms with E-state index in [1.807, 2.05) is 12.1 Å². The standard InChI is InChI=1S/C19H25NO/c1-15(17-9-5-4-6-10-17)13-14-20-16(2)18-11-7-8-12-19(18)21-3/h4-12,15-16,20H,13-14H2,1-3H3. The van der Waals surface area contributed by atoms with Crippen LogP contribution in [-0.4, -0.2) is 13.7 Å². The second-order valence-corrected chi connectivity index (χ2v) is 5.52. The lowest BCUT2D eigenvalue weighted by Gasteiger charge is -2.19. The zero-order valence-corrected chi connectivity index (χ0v) is 13.2. The predicted molar refractivity (Wildman–Crippen MR) is 88.9 cm³/mol. The van der Waals surface area contributed by atoms with Gasteiger partial charge >= 0.3 is 0 Å². The molecule has 0 saturated carbocycles. The lowest BCUT2D eigenvalue weighted by molar-refractivity contribution is 0.401. The van der Waals surface area contributed by atoms with Crippen molar-refractivity contribution < 1.29 is 4.74 Å². The van der Waals surface area contributed by atoms with Crippen LogP contribution in [0.5, 0.6) is 5.75 Å². The van der Waals surface area contributed by atoms with Crippen molar-refractivity contribution in [1.82, 2.24) is 5.32 Å². The molecule has 0 aliphatic rings. The topological polar surface area (TPSA) is 21.3 Å². The van der Waals surface area contributed by atoms with E-state index >= 15 is 0 Å². The average molecular weight is 283 g/mol. The molecule has 0 radical (unpaired) electrons. The fraction of sp³-hybridized carbons (Fsp3) is 0.368. The van der Waals surface area contributed by atoms with E-state index < -0.39 is 0 Å². The molecule has 0 aromatic heterocycles. The Hall–Kier alpha value is -1.80. The quantitative estimate of drug-likeness (QED) is 0.805. The highest BCUT2D eigenvalue weighted by Crippen LogP contribution is 2.25. The third kappa shape index (κ3) is 4.33. The van der Waals surface area contributed by atoms with Gasteiger partial charge in [0.05, 0.1) is 7.11 Å². The van der Waals surface area contributed by atoms with Crippen LogP contribution < -0.4 is 10.1 Å². The van der Waals surface area contributed by atoms with Crippen molar-refractivity contribution in [2.75, 3.05) is 13.7 Å². The number of methoxy groups -OCH3 is 1. The van der Waals surface area contributed by atoms with E-state index in [1.54, 1.807) is 7.11 Å². The van der Waals surface area contributed by atoms with Crippen LogP contribution in [0.25, 0.3) is 0 Å². The van der Waals surface area contributed by atoms with Crippen LogP contribution >= 0.6 is 0 Å². The maximum Gasteiger partial charge on any atom is 0.123 e. The molecule has 21 heavy (non-hydrogen) atoms. The van der Waals surface area contributed by atoms with Crippen molar-refractivity contribution in [2.45, 2.75) is 32.2 Å². The van der Waals surface area contributed by atoms with Crippen LogP contribution in [0.15, 0.2) is 54.6 Å². The summed E-state index contributed by atoms with van der Waals surface area (Å²) < 4.78 is 5.42. The van der Waals surface area contributed by atoms with Crippen LogP contribution in [0.3, 0.4) is 0 Å². The number of hydrogen-bond donors (Lipinski definition) is 1. The van der Waals surface area contributed by atoms with Crippen molar-refractivity contribution in [3.63, 3.8) is 0 Å². The molecule has 2 aromatic carbocycles. The first-order valence-electron chi connectivity index (χ1n) is 7.63. The van der Waals surface area contributed by atoms with Crippen LogP contribution in [-0.2, 0) is 0 Å². The Morgan fingerprint density at radius 3 is 2.33 bits per heavy atom. The van der Waals surface area contributed by atoms with Gasteiger partial charge in [-0.15, -0.1) is 0 Å². The summed E-state index contributed by atoms with van der Waals surface area (Å²) in [7, 11) is 1.73. The van der Waals surface area contributed by atoms with E-state index in [9.17, 15) is 0 Å². The van der Waals surface area contributed by atoms with Gasteiger partial charge in [0.1, 0.15) is 5.75 Å². The maximum absolute atomic E-state index is 5.42. The molecule has 2 nitrogen and oxygen atoms in total. The van der Waals surface area contributed by atoms with Gasteiger partial charge < -0.3 is 10.1 Å². The first-order valence-corrected chi connectivity index (χ1v) is 7.63. The number of ether oxygens (including phenoxy) is 1. The highest BCUT2D eigenvalue weighted by Gasteiger charge is 2.11. The Morgan fingerprint density at radius 1 is 0.952 bits per heavy atom. The molecule has 0 spiro atoms. The van der Waals surface area contributed by atoms with E-state index in [0.29, 0.717) is 12.0 Å². The minimum Gasteiger partial charge on any atom is -0.496 e. The van der Waals surface area contributed by atoms with E-state index in [1.165, 1.54) is 11.1 Å². The lowest BCUT2D eigenvalue weighted by Crippen LogP contribution is -2.21. The molecule has 2 heteroatoms. The molecule has 1 N–H and O–H groups in total. The molecule has 2 atom stereocenters. The molecule has 0 heterocycles. The van der Waals surface area contributed by atoms with Crippen LogP contribution in [0.1, 0.15) is 43.4 Å². The molecular weight excluding hydrogens is 258 g/mol. The maximum atomic E-state index is 5.42. The van der Waals surface area contributed by atoms with Crippen LogP contribution in [0.2, 0.25) is 0 Å². The third-order valence-corrected chi connectivity index (χ3v) is 4.00. The van der Waals surface area contributed by atoms with E-state index in [-0.39, 0.29) is 0 Å². The predicted octanol–water partition coefficient (Wildman–Crippen LogP) is 4.54. The second kappa shape index (κ2) is 7.84. The van der Waals surface area contributed by atoms with Crippen LogP contribution in [0, 0.1) is 0 Å². The van der Waals surface area contributed by atoms with Gasteiger partial charge in [-0.1, -0.05) is 55.5 Å². The van der Waals surface area contributed by atoms with E-state index in [4.69, 9.17) is 4.74 Å². The SMILES string of the molecule is COc1ccccc1C(C)NCCC(C)c1ccccc1.